The molecule has 6 heteroatoms. The van der Waals surface area contributed by atoms with Crippen LogP contribution < -0.4 is 15.2 Å². The minimum absolute atomic E-state index is 0.205. The van der Waals surface area contributed by atoms with E-state index in [1.165, 1.54) is 14.2 Å². The first-order valence-corrected chi connectivity index (χ1v) is 6.76. The highest BCUT2D eigenvalue weighted by molar-refractivity contribution is 6.38. The minimum atomic E-state index is -0.325. The van der Waals surface area contributed by atoms with Crippen molar-refractivity contribution in [2.45, 2.75) is 0 Å². The lowest BCUT2D eigenvalue weighted by Gasteiger charge is -2.13. The molecule has 2 aromatic rings. The largest absolute Gasteiger partial charge is 0.495 e. The quantitative estimate of drug-likeness (QED) is 0.685. The lowest BCUT2D eigenvalue weighted by Crippen LogP contribution is -2.06. The van der Waals surface area contributed by atoms with Gasteiger partial charge in [0.1, 0.15) is 10.8 Å². The van der Waals surface area contributed by atoms with Crippen molar-refractivity contribution < 1.29 is 14.3 Å². The fourth-order valence-electron chi connectivity index (χ4n) is 1.94. The molecule has 2 rings (SSSR count). The molecule has 110 valence electrons. The Morgan fingerprint density at radius 1 is 1.00 bits per heavy atom. The van der Waals surface area contributed by atoms with Crippen molar-refractivity contribution in [1.29, 1.82) is 0 Å². The third-order valence-corrected chi connectivity index (χ3v) is 3.78. The van der Waals surface area contributed by atoms with Gasteiger partial charge in [0.25, 0.3) is 0 Å². The fourth-order valence-corrected chi connectivity index (χ4v) is 2.48. The number of carbonyl (C=O) groups is 1. The second-order valence-electron chi connectivity index (χ2n) is 4.20. The van der Waals surface area contributed by atoms with E-state index in [1.807, 2.05) is 0 Å². The normalized spacial score (nSPS) is 10.3. The van der Waals surface area contributed by atoms with Gasteiger partial charge in [0.05, 0.1) is 30.5 Å². The van der Waals surface area contributed by atoms with Gasteiger partial charge in [0.15, 0.2) is 11.5 Å². The van der Waals surface area contributed by atoms with Crippen LogP contribution in [0.25, 0.3) is 0 Å². The Bertz CT molecular complexity index is 702. The molecule has 0 aliphatic heterocycles. The van der Waals surface area contributed by atoms with E-state index in [0.29, 0.717) is 11.4 Å². The molecule has 0 saturated carbocycles. The van der Waals surface area contributed by atoms with Crippen molar-refractivity contribution >= 4 is 34.7 Å². The average Bonchev–Trinajstić information content (AvgIpc) is 2.49. The highest BCUT2D eigenvalue weighted by Crippen LogP contribution is 2.38. The molecule has 21 heavy (non-hydrogen) atoms. The van der Waals surface area contributed by atoms with Crippen molar-refractivity contribution in [2.24, 2.45) is 0 Å². The molecule has 0 aliphatic rings. The molecule has 0 spiro atoms. The highest BCUT2D eigenvalue weighted by Gasteiger charge is 2.22. The van der Waals surface area contributed by atoms with E-state index in [1.54, 1.807) is 30.3 Å². The van der Waals surface area contributed by atoms with E-state index in [0.717, 1.165) is 0 Å². The number of nitrogens with two attached hydrogens (primary N) is 1. The van der Waals surface area contributed by atoms with Gasteiger partial charge in [0, 0.05) is 5.56 Å². The van der Waals surface area contributed by atoms with E-state index in [2.05, 4.69) is 0 Å². The maximum atomic E-state index is 12.6. The van der Waals surface area contributed by atoms with Crippen LogP contribution in [0.2, 0.25) is 10.0 Å². The van der Waals surface area contributed by atoms with Gasteiger partial charge in [-0.1, -0.05) is 29.3 Å². The summed E-state index contributed by atoms with van der Waals surface area (Å²) in [6.45, 7) is 0. The van der Waals surface area contributed by atoms with Crippen LogP contribution in [0, 0.1) is 0 Å². The summed E-state index contributed by atoms with van der Waals surface area (Å²) in [6, 6.07) is 8.05. The molecule has 0 heterocycles. The first kappa shape index (κ1) is 15.5. The molecule has 0 atom stereocenters. The van der Waals surface area contributed by atoms with Crippen LogP contribution >= 0.6 is 23.2 Å². The standard InChI is InChI=1S/C15H13Cl2NO3/c1-20-11-7-6-9(15(21-2)13(11)17)14(19)8-4-3-5-10(18)12(8)16/h3-7H,18H2,1-2H3. The molecule has 0 saturated heterocycles. The minimum Gasteiger partial charge on any atom is -0.495 e. The number of hydrogen-bond donors (Lipinski definition) is 1. The monoisotopic (exact) mass is 325 g/mol. The Labute approximate surface area is 132 Å². The van der Waals surface area contributed by atoms with Crippen LogP contribution in [0.15, 0.2) is 30.3 Å². The van der Waals surface area contributed by atoms with E-state index in [4.69, 9.17) is 38.4 Å². The molecule has 2 N–H and O–H groups in total. The van der Waals surface area contributed by atoms with Crippen molar-refractivity contribution in [3.05, 3.63) is 51.5 Å². The summed E-state index contributed by atoms with van der Waals surface area (Å²) in [6.07, 6.45) is 0. The molecule has 0 bridgehead atoms. The summed E-state index contributed by atoms with van der Waals surface area (Å²) in [4.78, 5) is 12.6. The molecule has 0 radical (unpaired) electrons. The summed E-state index contributed by atoms with van der Waals surface area (Å²) in [5, 5.41) is 0.433. The highest BCUT2D eigenvalue weighted by atomic mass is 35.5. The second kappa shape index (κ2) is 6.24. The fraction of sp³-hybridized carbons (Fsp3) is 0.133. The van der Waals surface area contributed by atoms with E-state index < -0.39 is 0 Å². The third-order valence-electron chi connectivity index (χ3n) is 3.00. The van der Waals surface area contributed by atoms with Gasteiger partial charge in [-0.2, -0.15) is 0 Å². The number of rotatable bonds is 4. The molecule has 0 aromatic heterocycles. The molecule has 0 amide bonds. The number of benzene rings is 2. The summed E-state index contributed by atoms with van der Waals surface area (Å²) in [7, 11) is 2.91. The lowest BCUT2D eigenvalue weighted by atomic mass is 10.0. The van der Waals surface area contributed by atoms with Crippen LogP contribution in [-0.2, 0) is 0 Å². The zero-order chi connectivity index (χ0) is 15.6. The Morgan fingerprint density at radius 3 is 2.33 bits per heavy atom. The van der Waals surface area contributed by atoms with E-state index >= 15 is 0 Å². The van der Waals surface area contributed by atoms with Crippen LogP contribution in [0.1, 0.15) is 15.9 Å². The molecule has 0 unspecified atom stereocenters. The Balaban J connectivity index is 2.59. The van der Waals surface area contributed by atoms with Gasteiger partial charge >= 0.3 is 0 Å². The lowest BCUT2D eigenvalue weighted by molar-refractivity contribution is 0.103. The van der Waals surface area contributed by atoms with Crippen molar-refractivity contribution in [3.8, 4) is 11.5 Å². The first-order valence-electron chi connectivity index (χ1n) is 6.00. The second-order valence-corrected chi connectivity index (χ2v) is 4.96. The number of anilines is 1. The number of ether oxygens (including phenoxy) is 2. The molecular weight excluding hydrogens is 313 g/mol. The van der Waals surface area contributed by atoms with Gasteiger partial charge in [-0.25, -0.2) is 0 Å². The van der Waals surface area contributed by atoms with Crippen molar-refractivity contribution in [3.63, 3.8) is 0 Å². The summed E-state index contributed by atoms with van der Waals surface area (Å²) >= 11 is 12.2. The number of halogens is 2. The maximum absolute atomic E-state index is 12.6. The predicted octanol–water partition coefficient (Wildman–Crippen LogP) is 3.82. The Morgan fingerprint density at radius 2 is 1.71 bits per heavy atom. The van der Waals surface area contributed by atoms with Gasteiger partial charge in [-0.05, 0) is 24.3 Å². The summed E-state index contributed by atoms with van der Waals surface area (Å²) in [5.41, 5.74) is 6.63. The molecular formula is C15H13Cl2NO3. The SMILES string of the molecule is COc1ccc(C(=O)c2cccc(N)c2Cl)c(OC)c1Cl. The van der Waals surface area contributed by atoms with E-state index in [-0.39, 0.29) is 32.7 Å². The van der Waals surface area contributed by atoms with Crippen LogP contribution in [0.5, 0.6) is 11.5 Å². The molecule has 4 nitrogen and oxygen atoms in total. The topological polar surface area (TPSA) is 61.5 Å². The van der Waals surface area contributed by atoms with Crippen molar-refractivity contribution in [1.82, 2.24) is 0 Å². The molecule has 2 aromatic carbocycles. The van der Waals surface area contributed by atoms with Crippen LogP contribution in [0.4, 0.5) is 5.69 Å². The predicted molar refractivity (Wildman–Crippen MR) is 83.9 cm³/mol. The number of methoxy groups -OCH3 is 2. The number of carbonyl (C=O) groups excluding carboxylic acids is 1. The van der Waals surface area contributed by atoms with Crippen LogP contribution in [0.3, 0.4) is 0 Å². The summed E-state index contributed by atoms with van der Waals surface area (Å²) < 4.78 is 10.3. The Kier molecular flexibility index (Phi) is 4.60. The van der Waals surface area contributed by atoms with E-state index in [9.17, 15) is 4.79 Å². The molecule has 0 fully saturated rings. The number of nitrogen functional groups attached to an aromatic ring is 1. The van der Waals surface area contributed by atoms with Gasteiger partial charge in [-0.15, -0.1) is 0 Å². The van der Waals surface area contributed by atoms with Crippen molar-refractivity contribution in [2.75, 3.05) is 20.0 Å². The van der Waals surface area contributed by atoms with Gasteiger partial charge < -0.3 is 15.2 Å². The summed E-state index contributed by atoms with van der Waals surface area (Å²) in [5.74, 6) is 0.331. The number of ketones is 1. The van der Waals surface area contributed by atoms with Gasteiger partial charge in [-0.3, -0.25) is 4.79 Å². The zero-order valence-corrected chi connectivity index (χ0v) is 13.0. The maximum Gasteiger partial charge on any atom is 0.198 e. The first-order chi connectivity index (χ1) is 10.0. The average molecular weight is 326 g/mol. The number of hydrogen-bond acceptors (Lipinski definition) is 4. The third kappa shape index (κ3) is 2.77. The zero-order valence-electron chi connectivity index (χ0n) is 11.4. The van der Waals surface area contributed by atoms with Crippen LogP contribution in [-0.4, -0.2) is 20.0 Å². The smallest absolute Gasteiger partial charge is 0.198 e. The van der Waals surface area contributed by atoms with Gasteiger partial charge in [0.2, 0.25) is 0 Å². The Hall–Kier alpha value is -1.91. The molecule has 0 aliphatic carbocycles.